The van der Waals surface area contributed by atoms with Gasteiger partial charge in [-0.05, 0) is 36.5 Å². The van der Waals surface area contributed by atoms with Gasteiger partial charge in [0.2, 0.25) is 0 Å². The van der Waals surface area contributed by atoms with Gasteiger partial charge in [-0.25, -0.2) is 8.42 Å². The first-order chi connectivity index (χ1) is 7.94. The number of aryl methyl sites for hydroxylation is 1. The fourth-order valence-electron chi connectivity index (χ4n) is 1.75. The van der Waals surface area contributed by atoms with E-state index in [0.717, 1.165) is 17.5 Å². The van der Waals surface area contributed by atoms with Crippen LogP contribution in [0, 0.1) is 0 Å². The fourth-order valence-corrected chi connectivity index (χ4v) is 2.44. The van der Waals surface area contributed by atoms with Gasteiger partial charge in [0.25, 0.3) is 0 Å². The quantitative estimate of drug-likeness (QED) is 0.838. The van der Waals surface area contributed by atoms with Crippen LogP contribution in [0.2, 0.25) is 0 Å². The molecule has 1 aromatic heterocycles. The summed E-state index contributed by atoms with van der Waals surface area (Å²) in [6, 6.07) is 1.80. The summed E-state index contributed by atoms with van der Waals surface area (Å²) >= 11 is 0. The van der Waals surface area contributed by atoms with Crippen LogP contribution in [-0.4, -0.2) is 30.5 Å². The number of aliphatic hydroxyl groups excluding tert-OH is 1. The van der Waals surface area contributed by atoms with Crippen LogP contribution in [-0.2, 0) is 16.3 Å². The fraction of sp³-hybridized carbons (Fsp3) is 0.583. The Bertz CT molecular complexity index is 457. The first-order valence-corrected chi connectivity index (χ1v) is 7.78. The molecule has 17 heavy (non-hydrogen) atoms. The Hall–Kier alpha value is -0.940. The minimum absolute atomic E-state index is 0.122. The molecule has 0 fully saturated rings. The zero-order valence-electron chi connectivity index (χ0n) is 10.3. The van der Waals surface area contributed by atoms with Gasteiger partial charge in [-0.2, -0.15) is 0 Å². The average molecular weight is 257 g/mol. The summed E-state index contributed by atoms with van der Waals surface area (Å²) in [6.45, 7) is 2.00. The molecule has 0 aliphatic rings. The number of rotatable bonds is 6. The molecule has 0 spiro atoms. The standard InChI is InChI=1S/C12H19NO3S/c1-3-10-9-13-7-6-11(10)12(14)5-4-8-17(2,15)16/h6-7,9,12,14H,3-5,8H2,1-2H3. The van der Waals surface area contributed by atoms with E-state index in [1.807, 2.05) is 6.92 Å². The second-order valence-corrected chi connectivity index (χ2v) is 6.48. The monoisotopic (exact) mass is 257 g/mol. The van der Waals surface area contributed by atoms with E-state index in [0.29, 0.717) is 12.8 Å². The van der Waals surface area contributed by atoms with Gasteiger partial charge in [0.15, 0.2) is 0 Å². The highest BCUT2D eigenvalue weighted by Crippen LogP contribution is 2.22. The zero-order valence-corrected chi connectivity index (χ0v) is 11.1. The molecule has 4 nitrogen and oxygen atoms in total. The van der Waals surface area contributed by atoms with Crippen molar-refractivity contribution in [3.8, 4) is 0 Å². The molecule has 1 atom stereocenters. The van der Waals surface area contributed by atoms with Crippen LogP contribution in [0.1, 0.15) is 37.0 Å². The van der Waals surface area contributed by atoms with Crippen molar-refractivity contribution in [2.24, 2.45) is 0 Å². The van der Waals surface area contributed by atoms with Crippen LogP contribution < -0.4 is 0 Å². The Morgan fingerprint density at radius 2 is 2.18 bits per heavy atom. The lowest BCUT2D eigenvalue weighted by Crippen LogP contribution is -2.07. The van der Waals surface area contributed by atoms with Gasteiger partial charge in [-0.15, -0.1) is 0 Å². The Balaban J connectivity index is 2.61. The smallest absolute Gasteiger partial charge is 0.147 e. The molecule has 5 heteroatoms. The van der Waals surface area contributed by atoms with Crippen molar-refractivity contribution in [1.82, 2.24) is 4.98 Å². The summed E-state index contributed by atoms with van der Waals surface area (Å²) in [4.78, 5) is 4.01. The number of hydrogen-bond donors (Lipinski definition) is 1. The van der Waals surface area contributed by atoms with E-state index in [2.05, 4.69) is 4.98 Å². The Morgan fingerprint density at radius 3 is 2.76 bits per heavy atom. The molecule has 1 unspecified atom stereocenters. The SMILES string of the molecule is CCc1cnccc1C(O)CCCS(C)(=O)=O. The summed E-state index contributed by atoms with van der Waals surface area (Å²) in [6.07, 6.45) is 5.75. The van der Waals surface area contributed by atoms with Crippen molar-refractivity contribution in [3.05, 3.63) is 29.6 Å². The van der Waals surface area contributed by atoms with Crippen LogP contribution in [0.5, 0.6) is 0 Å². The van der Waals surface area contributed by atoms with Crippen LogP contribution in [0.15, 0.2) is 18.5 Å². The third-order valence-corrected chi connectivity index (χ3v) is 3.70. The Morgan fingerprint density at radius 1 is 1.47 bits per heavy atom. The third-order valence-electron chi connectivity index (χ3n) is 2.67. The summed E-state index contributed by atoms with van der Waals surface area (Å²) in [5.41, 5.74) is 1.87. The first-order valence-electron chi connectivity index (χ1n) is 5.72. The van der Waals surface area contributed by atoms with Crippen LogP contribution >= 0.6 is 0 Å². The first kappa shape index (κ1) is 14.1. The number of hydrogen-bond acceptors (Lipinski definition) is 4. The molecular weight excluding hydrogens is 238 g/mol. The molecule has 0 aliphatic carbocycles. The highest BCUT2D eigenvalue weighted by atomic mass is 32.2. The van der Waals surface area contributed by atoms with E-state index < -0.39 is 15.9 Å². The second kappa shape index (κ2) is 6.12. The number of sulfone groups is 1. The predicted molar refractivity (Wildman–Crippen MR) is 67.5 cm³/mol. The van der Waals surface area contributed by atoms with E-state index >= 15 is 0 Å². The largest absolute Gasteiger partial charge is 0.388 e. The molecule has 0 saturated carbocycles. The molecule has 0 bridgehead atoms. The maximum Gasteiger partial charge on any atom is 0.147 e. The number of pyridine rings is 1. The minimum Gasteiger partial charge on any atom is -0.388 e. The van der Waals surface area contributed by atoms with Crippen LogP contribution in [0.3, 0.4) is 0 Å². The van der Waals surface area contributed by atoms with Gasteiger partial charge < -0.3 is 5.11 Å². The summed E-state index contributed by atoms with van der Waals surface area (Å²) in [7, 11) is -2.94. The van der Waals surface area contributed by atoms with Crippen LogP contribution in [0.4, 0.5) is 0 Å². The highest BCUT2D eigenvalue weighted by Gasteiger charge is 2.12. The maximum absolute atomic E-state index is 11.0. The third kappa shape index (κ3) is 4.83. The molecule has 1 rings (SSSR count). The van der Waals surface area contributed by atoms with Gasteiger partial charge in [0, 0.05) is 24.4 Å². The molecule has 0 amide bonds. The summed E-state index contributed by atoms with van der Waals surface area (Å²) in [5.74, 6) is 0.122. The lowest BCUT2D eigenvalue weighted by Gasteiger charge is -2.13. The topological polar surface area (TPSA) is 67.3 Å². The predicted octanol–water partition coefficient (Wildman–Crippen LogP) is 1.50. The molecule has 1 heterocycles. The van der Waals surface area contributed by atoms with Crippen molar-refractivity contribution < 1.29 is 13.5 Å². The molecule has 1 N–H and O–H groups in total. The van der Waals surface area contributed by atoms with Gasteiger partial charge in [-0.3, -0.25) is 4.98 Å². The number of aromatic nitrogens is 1. The van der Waals surface area contributed by atoms with Crippen molar-refractivity contribution in [1.29, 1.82) is 0 Å². The molecule has 1 aromatic rings. The Labute approximate surface area is 103 Å². The average Bonchev–Trinajstić information content (AvgIpc) is 2.27. The van der Waals surface area contributed by atoms with Crippen molar-refractivity contribution >= 4 is 9.84 Å². The minimum atomic E-state index is -2.94. The summed E-state index contributed by atoms with van der Waals surface area (Å²) < 4.78 is 22.0. The van der Waals surface area contributed by atoms with Gasteiger partial charge in [0.1, 0.15) is 9.84 Å². The Kier molecular flexibility index (Phi) is 5.08. The number of nitrogens with zero attached hydrogens (tertiary/aromatic N) is 1. The second-order valence-electron chi connectivity index (χ2n) is 4.22. The van der Waals surface area contributed by atoms with Gasteiger partial charge in [-0.1, -0.05) is 6.92 Å². The summed E-state index contributed by atoms with van der Waals surface area (Å²) in [5, 5.41) is 10.0. The van der Waals surface area contributed by atoms with E-state index in [9.17, 15) is 13.5 Å². The number of aliphatic hydroxyl groups is 1. The molecule has 0 saturated heterocycles. The van der Waals surface area contributed by atoms with Crippen LogP contribution in [0.25, 0.3) is 0 Å². The van der Waals surface area contributed by atoms with E-state index in [1.165, 1.54) is 6.26 Å². The van der Waals surface area contributed by atoms with Gasteiger partial charge >= 0.3 is 0 Å². The molecule has 0 aromatic carbocycles. The lowest BCUT2D eigenvalue weighted by atomic mass is 10.00. The zero-order chi connectivity index (χ0) is 12.9. The maximum atomic E-state index is 11.0. The van der Waals surface area contributed by atoms with Crippen molar-refractivity contribution in [2.45, 2.75) is 32.3 Å². The lowest BCUT2D eigenvalue weighted by molar-refractivity contribution is 0.165. The normalized spacial score (nSPS) is 13.6. The van der Waals surface area contributed by atoms with E-state index in [4.69, 9.17) is 0 Å². The highest BCUT2D eigenvalue weighted by molar-refractivity contribution is 7.90. The van der Waals surface area contributed by atoms with E-state index in [-0.39, 0.29) is 5.75 Å². The van der Waals surface area contributed by atoms with E-state index in [1.54, 1.807) is 18.5 Å². The van der Waals surface area contributed by atoms with Crippen molar-refractivity contribution in [3.63, 3.8) is 0 Å². The molecular formula is C12H19NO3S. The molecule has 0 aliphatic heterocycles. The molecule has 96 valence electrons. The van der Waals surface area contributed by atoms with Crippen molar-refractivity contribution in [2.75, 3.05) is 12.0 Å². The molecule has 0 radical (unpaired) electrons. The van der Waals surface area contributed by atoms with Gasteiger partial charge in [0.05, 0.1) is 6.10 Å².